The maximum Gasteiger partial charge on any atom is 0.373 e. The van der Waals surface area contributed by atoms with E-state index >= 15 is 0 Å². The van der Waals surface area contributed by atoms with E-state index in [-0.39, 0.29) is 6.42 Å². The summed E-state index contributed by atoms with van der Waals surface area (Å²) in [5, 5.41) is 13.2. The highest BCUT2D eigenvalue weighted by atomic mass is 16.4. The third kappa shape index (κ3) is 4.76. The number of carboxylic acids is 1. The predicted octanol–water partition coefficient (Wildman–Crippen LogP) is 4.83. The van der Waals surface area contributed by atoms with Crippen molar-refractivity contribution in [2.24, 2.45) is 0 Å². The van der Waals surface area contributed by atoms with Gasteiger partial charge in [-0.3, -0.25) is 10.1 Å². The van der Waals surface area contributed by atoms with Gasteiger partial charge in [-0.25, -0.2) is 4.79 Å². The molecule has 4 aromatic rings. The zero-order valence-corrected chi connectivity index (χ0v) is 18.1. The molecule has 33 heavy (non-hydrogen) atoms. The lowest BCUT2D eigenvalue weighted by Crippen LogP contribution is -2.54. The van der Waals surface area contributed by atoms with Crippen molar-refractivity contribution in [1.29, 1.82) is 0 Å². The number of carbonyl (C=O) groups is 2. The summed E-state index contributed by atoms with van der Waals surface area (Å²) in [7, 11) is 0. The molecule has 1 atom stereocenters. The summed E-state index contributed by atoms with van der Waals surface area (Å²) in [6.45, 7) is 0. The molecule has 0 aliphatic rings. The molecule has 0 saturated carbocycles. The van der Waals surface area contributed by atoms with Gasteiger partial charge in [0.05, 0.1) is 11.6 Å². The summed E-state index contributed by atoms with van der Waals surface area (Å²) in [4.78, 5) is 24.8. The molecule has 4 aromatic carbocycles. The second kappa shape index (κ2) is 10.1. The fourth-order valence-corrected chi connectivity index (χ4v) is 4.28. The van der Waals surface area contributed by atoms with Gasteiger partial charge in [0.1, 0.15) is 0 Å². The van der Waals surface area contributed by atoms with Crippen LogP contribution in [0.4, 0.5) is 0 Å². The van der Waals surface area contributed by atoms with Crippen LogP contribution in [0.3, 0.4) is 0 Å². The molecule has 0 heterocycles. The van der Waals surface area contributed by atoms with Gasteiger partial charge in [-0.2, -0.15) is 0 Å². The lowest BCUT2D eigenvalue weighted by molar-refractivity contribution is -0.150. The molecular weight excluding hydrogens is 410 g/mol. The van der Waals surface area contributed by atoms with Crippen LogP contribution < -0.4 is 5.32 Å². The van der Waals surface area contributed by atoms with Gasteiger partial charge in [-0.15, -0.1) is 0 Å². The van der Waals surface area contributed by atoms with Crippen LogP contribution in [0.1, 0.15) is 22.3 Å². The monoisotopic (exact) mass is 435 g/mol. The minimum Gasteiger partial charge on any atom is -0.475 e. The van der Waals surface area contributed by atoms with Crippen LogP contribution in [0.5, 0.6) is 0 Å². The van der Waals surface area contributed by atoms with Crippen LogP contribution in [0, 0.1) is 0 Å². The Balaban J connectivity index is 1.93. The average molecular weight is 436 g/mol. The molecule has 4 nitrogen and oxygen atoms in total. The van der Waals surface area contributed by atoms with Gasteiger partial charge >= 0.3 is 5.97 Å². The van der Waals surface area contributed by atoms with Crippen LogP contribution in [0.2, 0.25) is 0 Å². The maximum atomic E-state index is 13.0. The fourth-order valence-electron chi connectivity index (χ4n) is 4.28. The van der Waals surface area contributed by atoms with Crippen molar-refractivity contribution in [3.63, 3.8) is 0 Å². The Labute approximate surface area is 193 Å². The molecule has 0 spiro atoms. The molecule has 4 heteroatoms. The van der Waals surface area contributed by atoms with Crippen molar-refractivity contribution in [3.8, 4) is 0 Å². The molecular formula is C29H25NO3. The molecule has 0 amide bonds. The minimum absolute atomic E-state index is 0.250. The summed E-state index contributed by atoms with van der Waals surface area (Å²) in [6.07, 6.45) is 0.250. The zero-order chi connectivity index (χ0) is 23.1. The average Bonchev–Trinajstić information content (AvgIpc) is 2.88. The molecule has 164 valence electrons. The van der Waals surface area contributed by atoms with Gasteiger partial charge in [0, 0.05) is 0 Å². The van der Waals surface area contributed by atoms with Crippen LogP contribution in [-0.4, -0.2) is 22.9 Å². The molecule has 0 aliphatic heterocycles. The molecule has 0 aliphatic carbocycles. The lowest BCUT2D eigenvalue weighted by Gasteiger charge is -2.39. The van der Waals surface area contributed by atoms with E-state index in [1.807, 2.05) is 121 Å². The van der Waals surface area contributed by atoms with E-state index < -0.39 is 23.3 Å². The van der Waals surface area contributed by atoms with Crippen LogP contribution in [-0.2, 0) is 21.5 Å². The first-order valence-corrected chi connectivity index (χ1v) is 10.9. The maximum absolute atomic E-state index is 13.0. The van der Waals surface area contributed by atoms with Crippen LogP contribution in [0.15, 0.2) is 121 Å². The number of hydrogen-bond acceptors (Lipinski definition) is 3. The number of rotatable bonds is 9. The number of carbonyl (C=O) groups excluding carboxylic acids is 1. The first kappa shape index (κ1) is 22.2. The topological polar surface area (TPSA) is 66.4 Å². The highest BCUT2D eigenvalue weighted by molar-refractivity contribution is 6.34. The van der Waals surface area contributed by atoms with Gasteiger partial charge in [0.15, 0.2) is 0 Å². The Bertz CT molecular complexity index is 1100. The normalized spacial score (nSPS) is 12.1. The predicted molar refractivity (Wildman–Crippen MR) is 129 cm³/mol. The second-order valence-electron chi connectivity index (χ2n) is 7.90. The van der Waals surface area contributed by atoms with Gasteiger partial charge in [0.25, 0.3) is 5.78 Å². The SMILES string of the molecule is O=C(O)C(=O)[C@H](Cc1ccccc1)NC(c1ccccc1)(c1ccccc1)c1ccccc1. The summed E-state index contributed by atoms with van der Waals surface area (Å²) < 4.78 is 0. The summed E-state index contributed by atoms with van der Waals surface area (Å²) in [5.74, 6) is -2.32. The van der Waals surface area contributed by atoms with Crippen molar-refractivity contribution in [2.45, 2.75) is 18.0 Å². The third-order valence-electron chi connectivity index (χ3n) is 5.82. The van der Waals surface area contributed by atoms with Crippen LogP contribution >= 0.6 is 0 Å². The smallest absolute Gasteiger partial charge is 0.373 e. The Morgan fingerprint density at radius 1 is 0.636 bits per heavy atom. The molecule has 0 radical (unpaired) electrons. The summed E-state index contributed by atoms with van der Waals surface area (Å²) >= 11 is 0. The minimum atomic E-state index is -1.45. The Kier molecular flexibility index (Phi) is 6.77. The van der Waals surface area contributed by atoms with Gasteiger partial charge in [0.2, 0.25) is 0 Å². The van der Waals surface area contributed by atoms with Gasteiger partial charge < -0.3 is 5.11 Å². The van der Waals surface area contributed by atoms with E-state index in [0.717, 1.165) is 22.3 Å². The number of aliphatic carboxylic acids is 1. The summed E-state index contributed by atoms with van der Waals surface area (Å²) in [5.41, 5.74) is 2.69. The number of Topliss-reactive ketones (excluding diaryl/α,β-unsaturated/α-hetero) is 1. The van der Waals surface area contributed by atoms with Gasteiger partial charge in [-0.1, -0.05) is 121 Å². The lowest BCUT2D eigenvalue weighted by atomic mass is 9.76. The second-order valence-corrected chi connectivity index (χ2v) is 7.90. The highest BCUT2D eigenvalue weighted by Crippen LogP contribution is 2.37. The Hall–Kier alpha value is -4.02. The van der Waals surface area contributed by atoms with E-state index in [2.05, 4.69) is 5.32 Å². The van der Waals surface area contributed by atoms with E-state index in [1.54, 1.807) is 0 Å². The van der Waals surface area contributed by atoms with E-state index in [4.69, 9.17) is 0 Å². The van der Waals surface area contributed by atoms with Crippen molar-refractivity contribution in [1.82, 2.24) is 5.32 Å². The number of hydrogen-bond donors (Lipinski definition) is 2. The summed E-state index contributed by atoms with van der Waals surface area (Å²) in [6, 6.07) is 38.0. The van der Waals surface area contributed by atoms with Crippen molar-refractivity contribution >= 4 is 11.8 Å². The van der Waals surface area contributed by atoms with E-state index in [9.17, 15) is 14.7 Å². The number of carboxylic acid groups (broad SMARTS) is 1. The number of ketones is 1. The Morgan fingerprint density at radius 3 is 1.36 bits per heavy atom. The van der Waals surface area contributed by atoms with Crippen molar-refractivity contribution < 1.29 is 14.7 Å². The molecule has 0 saturated heterocycles. The van der Waals surface area contributed by atoms with E-state index in [0.29, 0.717) is 0 Å². The zero-order valence-electron chi connectivity index (χ0n) is 18.1. The fraction of sp³-hybridized carbons (Fsp3) is 0.103. The first-order valence-electron chi connectivity index (χ1n) is 10.9. The largest absolute Gasteiger partial charge is 0.475 e. The standard InChI is InChI=1S/C29H25NO3/c31-27(28(32)33)26(21-22-13-5-1-6-14-22)30-29(23-15-7-2-8-16-23,24-17-9-3-10-18-24)25-19-11-4-12-20-25/h1-20,26,30H,21H2,(H,32,33)/t26-/m0/s1. The number of benzene rings is 4. The van der Waals surface area contributed by atoms with Crippen molar-refractivity contribution in [2.75, 3.05) is 0 Å². The molecule has 0 aromatic heterocycles. The Morgan fingerprint density at radius 2 is 1.00 bits per heavy atom. The third-order valence-corrected chi connectivity index (χ3v) is 5.82. The highest BCUT2D eigenvalue weighted by Gasteiger charge is 2.40. The van der Waals surface area contributed by atoms with Crippen LogP contribution in [0.25, 0.3) is 0 Å². The van der Waals surface area contributed by atoms with Gasteiger partial charge in [-0.05, 0) is 28.7 Å². The molecule has 0 fully saturated rings. The molecule has 4 rings (SSSR count). The molecule has 0 bridgehead atoms. The molecule has 0 unspecified atom stereocenters. The number of nitrogens with one attached hydrogen (secondary N) is 1. The van der Waals surface area contributed by atoms with E-state index in [1.165, 1.54) is 0 Å². The first-order chi connectivity index (χ1) is 16.1. The quantitative estimate of drug-likeness (QED) is 0.292. The van der Waals surface area contributed by atoms with Crippen molar-refractivity contribution in [3.05, 3.63) is 144 Å². The molecule has 2 N–H and O–H groups in total.